The van der Waals surface area contributed by atoms with Gasteiger partial charge in [0.25, 0.3) is 5.91 Å². The van der Waals surface area contributed by atoms with Crippen LogP contribution in [0.25, 0.3) is 0 Å². The molecule has 0 bridgehead atoms. The van der Waals surface area contributed by atoms with E-state index in [1.807, 2.05) is 44.3 Å². The van der Waals surface area contributed by atoms with E-state index in [2.05, 4.69) is 38.7 Å². The molecule has 1 amide bonds. The first-order valence-corrected chi connectivity index (χ1v) is 15.8. The van der Waals surface area contributed by atoms with Crippen LogP contribution < -0.4 is 4.74 Å². The van der Waals surface area contributed by atoms with Crippen LogP contribution in [-0.4, -0.2) is 58.3 Å². The number of hydrogen-bond acceptors (Lipinski definition) is 6. The van der Waals surface area contributed by atoms with Crippen molar-refractivity contribution in [3.63, 3.8) is 0 Å². The summed E-state index contributed by atoms with van der Waals surface area (Å²) in [4.78, 5) is 34.5. The number of aromatic nitrogens is 1. The summed E-state index contributed by atoms with van der Waals surface area (Å²) in [6.07, 6.45) is 5.41. The number of methoxy groups -OCH3 is 1. The predicted octanol–water partition coefficient (Wildman–Crippen LogP) is 6.38. The van der Waals surface area contributed by atoms with Crippen LogP contribution >= 0.6 is 0 Å². The van der Waals surface area contributed by atoms with Crippen LogP contribution in [0.1, 0.15) is 101 Å². The van der Waals surface area contributed by atoms with Crippen LogP contribution in [0.2, 0.25) is 0 Å². The average molecular weight is 593 g/mol. The second-order valence-electron chi connectivity index (χ2n) is 14.0. The van der Waals surface area contributed by atoms with Gasteiger partial charge in [-0.3, -0.25) is 4.79 Å². The van der Waals surface area contributed by atoms with E-state index in [1.54, 1.807) is 12.0 Å². The Morgan fingerprint density at radius 3 is 2.47 bits per heavy atom. The van der Waals surface area contributed by atoms with Crippen molar-refractivity contribution in [2.24, 2.45) is 11.3 Å². The fourth-order valence-corrected chi connectivity index (χ4v) is 7.61. The number of amides is 1. The molecule has 1 aromatic carbocycles. The zero-order valence-electron chi connectivity index (χ0n) is 26.8. The van der Waals surface area contributed by atoms with Crippen molar-refractivity contribution >= 4 is 11.9 Å². The number of ether oxygens (including phenoxy) is 3. The second-order valence-corrected chi connectivity index (χ2v) is 14.0. The lowest BCUT2D eigenvalue weighted by Gasteiger charge is -2.45. The van der Waals surface area contributed by atoms with E-state index < -0.39 is 41.1 Å². The molecule has 234 valence electrons. The fourth-order valence-electron chi connectivity index (χ4n) is 7.61. The lowest BCUT2D eigenvalue weighted by molar-refractivity contribution is -0.170. The molecule has 2 aromatic rings. The van der Waals surface area contributed by atoms with Crippen LogP contribution in [0, 0.1) is 18.3 Å². The minimum Gasteiger partial charge on any atom is -0.481 e. The number of aryl methyl sites for hydroxylation is 1. The van der Waals surface area contributed by atoms with E-state index in [-0.39, 0.29) is 24.3 Å². The number of carboxylic acids is 1. The molecule has 3 fully saturated rings. The highest BCUT2D eigenvalue weighted by atomic mass is 16.5. The van der Waals surface area contributed by atoms with Crippen LogP contribution in [0.4, 0.5) is 0 Å². The molecule has 8 heteroatoms. The SMILES string of the molecule is CC[C@@]1(C(=O)O)[C@@H](C(C)(C)C)[C@H](OCc2cc(C3(C)CC3)cnc2OC)[C@H](c2ccccc2C)N1C(=O)C1CCCCO1. The summed E-state index contributed by atoms with van der Waals surface area (Å²) in [5.41, 5.74) is 1.95. The first-order chi connectivity index (χ1) is 20.4. The summed E-state index contributed by atoms with van der Waals surface area (Å²) >= 11 is 0. The van der Waals surface area contributed by atoms with Gasteiger partial charge in [0.1, 0.15) is 11.6 Å². The zero-order valence-corrected chi connectivity index (χ0v) is 26.8. The second kappa shape index (κ2) is 11.8. The highest BCUT2D eigenvalue weighted by molar-refractivity contribution is 5.91. The monoisotopic (exact) mass is 592 g/mol. The smallest absolute Gasteiger partial charge is 0.330 e. The number of carboxylic acid groups (broad SMARTS) is 1. The molecule has 3 aliphatic rings. The normalized spacial score (nSPS) is 28.5. The quantitative estimate of drug-likeness (QED) is 0.361. The van der Waals surface area contributed by atoms with Gasteiger partial charge in [-0.2, -0.15) is 0 Å². The highest BCUT2D eigenvalue weighted by Gasteiger charge is 2.68. The van der Waals surface area contributed by atoms with Gasteiger partial charge in [-0.1, -0.05) is 58.9 Å². The van der Waals surface area contributed by atoms with E-state index in [1.165, 1.54) is 0 Å². The predicted molar refractivity (Wildman–Crippen MR) is 164 cm³/mol. The maximum atomic E-state index is 14.6. The van der Waals surface area contributed by atoms with E-state index in [0.29, 0.717) is 18.9 Å². The van der Waals surface area contributed by atoms with E-state index in [9.17, 15) is 14.7 Å². The molecule has 8 nitrogen and oxygen atoms in total. The van der Waals surface area contributed by atoms with Crippen molar-refractivity contribution in [2.75, 3.05) is 13.7 Å². The summed E-state index contributed by atoms with van der Waals surface area (Å²) < 4.78 is 18.6. The first kappa shape index (κ1) is 31.5. The third-order valence-electron chi connectivity index (χ3n) is 10.2. The van der Waals surface area contributed by atoms with Crippen molar-refractivity contribution in [1.29, 1.82) is 0 Å². The summed E-state index contributed by atoms with van der Waals surface area (Å²) in [5.74, 6) is -1.30. The van der Waals surface area contributed by atoms with Crippen molar-refractivity contribution in [1.82, 2.24) is 9.88 Å². The summed E-state index contributed by atoms with van der Waals surface area (Å²) in [6, 6.07) is 9.42. The van der Waals surface area contributed by atoms with Gasteiger partial charge in [0.2, 0.25) is 5.88 Å². The Labute approximate surface area is 256 Å². The zero-order chi connectivity index (χ0) is 31.2. The van der Waals surface area contributed by atoms with Gasteiger partial charge in [0.15, 0.2) is 0 Å². The molecule has 0 spiro atoms. The number of carbonyl (C=O) groups excluding carboxylic acids is 1. The largest absolute Gasteiger partial charge is 0.481 e. The van der Waals surface area contributed by atoms with Gasteiger partial charge in [-0.25, -0.2) is 9.78 Å². The van der Waals surface area contributed by atoms with Gasteiger partial charge in [0, 0.05) is 24.3 Å². The number of likely N-dealkylation sites (tertiary alicyclic amines) is 1. The van der Waals surface area contributed by atoms with Crippen molar-refractivity contribution in [2.45, 2.75) is 116 Å². The molecule has 5 atom stereocenters. The summed E-state index contributed by atoms with van der Waals surface area (Å²) in [5, 5.41) is 11.1. The van der Waals surface area contributed by atoms with E-state index >= 15 is 0 Å². The van der Waals surface area contributed by atoms with Crippen molar-refractivity contribution in [3.05, 3.63) is 58.8 Å². The van der Waals surface area contributed by atoms with Crippen LogP contribution in [0.3, 0.4) is 0 Å². The molecular weight excluding hydrogens is 544 g/mol. The molecule has 5 rings (SSSR count). The number of benzene rings is 1. The minimum atomic E-state index is -1.50. The Morgan fingerprint density at radius 1 is 1.19 bits per heavy atom. The summed E-state index contributed by atoms with van der Waals surface area (Å²) in [6.45, 7) is 13.0. The van der Waals surface area contributed by atoms with Gasteiger partial charge in [-0.15, -0.1) is 0 Å². The molecule has 3 heterocycles. The lowest BCUT2D eigenvalue weighted by Crippen LogP contribution is -2.61. The van der Waals surface area contributed by atoms with Crippen LogP contribution in [0.15, 0.2) is 36.5 Å². The van der Waals surface area contributed by atoms with Gasteiger partial charge in [0.05, 0.1) is 25.9 Å². The molecule has 1 N–H and O–H groups in total. The third-order valence-corrected chi connectivity index (χ3v) is 10.2. The lowest BCUT2D eigenvalue weighted by atomic mass is 9.66. The molecule has 43 heavy (non-hydrogen) atoms. The number of carbonyl (C=O) groups is 2. The van der Waals surface area contributed by atoms with E-state index in [0.717, 1.165) is 47.9 Å². The molecule has 1 aliphatic carbocycles. The number of nitrogens with zero attached hydrogens (tertiary/aromatic N) is 2. The maximum Gasteiger partial charge on any atom is 0.330 e. The Bertz CT molecular complexity index is 1340. The Morgan fingerprint density at radius 2 is 1.91 bits per heavy atom. The first-order valence-electron chi connectivity index (χ1n) is 15.8. The number of hydrogen-bond donors (Lipinski definition) is 1. The molecular formula is C35H48N2O6. The highest BCUT2D eigenvalue weighted by Crippen LogP contribution is 2.57. The fraction of sp³-hybridized carbons (Fsp3) is 0.629. The summed E-state index contributed by atoms with van der Waals surface area (Å²) in [7, 11) is 1.60. The van der Waals surface area contributed by atoms with Gasteiger partial charge >= 0.3 is 5.97 Å². The van der Waals surface area contributed by atoms with Gasteiger partial charge < -0.3 is 24.2 Å². The standard InChI is InChI=1S/C35H48N2O6/c1-8-35(32(39)40)29(33(3,4)5)28(43-21-23-19-24(34(6)16-17-34)20-36-30(23)41-7)27(25-14-10-9-13-22(25)2)37(35)31(38)26-15-11-12-18-42-26/h9-10,13-14,19-20,26-29H,8,11-12,15-18,21H2,1-7H3,(H,39,40)/t26?,27-,28+,29+,35-/m0/s1. The van der Waals surface area contributed by atoms with Crippen molar-refractivity contribution < 1.29 is 28.9 Å². The molecule has 0 radical (unpaired) electrons. The molecule has 1 saturated carbocycles. The minimum absolute atomic E-state index is 0.114. The number of aliphatic carboxylic acids is 1. The topological polar surface area (TPSA) is 98.2 Å². The third kappa shape index (κ3) is 5.57. The number of rotatable bonds is 9. The molecule has 2 saturated heterocycles. The van der Waals surface area contributed by atoms with E-state index in [4.69, 9.17) is 14.2 Å². The molecule has 2 aliphatic heterocycles. The van der Waals surface area contributed by atoms with Crippen LogP contribution in [-0.2, 0) is 31.1 Å². The van der Waals surface area contributed by atoms with Gasteiger partial charge in [-0.05, 0) is 79.0 Å². The molecule has 1 aromatic heterocycles. The maximum absolute atomic E-state index is 14.6. The Kier molecular flexibility index (Phi) is 8.67. The Hall–Kier alpha value is -2.97. The average Bonchev–Trinajstić information content (AvgIpc) is 3.66. The molecule has 1 unspecified atom stereocenters. The Balaban J connectivity index is 1.66. The van der Waals surface area contributed by atoms with Crippen LogP contribution in [0.5, 0.6) is 5.88 Å². The number of pyridine rings is 1. The van der Waals surface area contributed by atoms with Crippen molar-refractivity contribution in [3.8, 4) is 5.88 Å².